The van der Waals surface area contributed by atoms with Crippen molar-refractivity contribution in [2.45, 2.75) is 32.4 Å². The number of nitrogens with one attached hydrogen (secondary N) is 1. The zero-order chi connectivity index (χ0) is 16.2. The molecule has 21 heavy (non-hydrogen) atoms. The number of nitrogens with zero attached hydrogens (tertiary/aromatic N) is 2. The van der Waals surface area contributed by atoms with Crippen LogP contribution in [0.15, 0.2) is 6.20 Å². The van der Waals surface area contributed by atoms with E-state index in [1.54, 1.807) is 27.8 Å². The van der Waals surface area contributed by atoms with Crippen LogP contribution in [0.25, 0.3) is 0 Å². The van der Waals surface area contributed by atoms with Crippen molar-refractivity contribution in [3.05, 3.63) is 6.20 Å². The third-order valence-electron chi connectivity index (χ3n) is 2.29. The van der Waals surface area contributed by atoms with Gasteiger partial charge in [0.1, 0.15) is 17.9 Å². The number of carbonyl (C=O) groups is 2. The number of hydrogen-bond acceptors (Lipinski definition) is 6. The first-order chi connectivity index (χ1) is 9.60. The van der Waals surface area contributed by atoms with Gasteiger partial charge in [0.2, 0.25) is 5.88 Å². The number of aromatic nitrogens is 2. The van der Waals surface area contributed by atoms with E-state index in [0.717, 1.165) is 0 Å². The Bertz CT molecular complexity index is 501. The number of aryl methyl sites for hydroxylation is 1. The Morgan fingerprint density at radius 1 is 1.52 bits per heavy atom. The number of anilines is 1. The summed E-state index contributed by atoms with van der Waals surface area (Å²) in [5.74, 6) is -1.02. The number of ether oxygens (including phenoxy) is 2. The Morgan fingerprint density at radius 2 is 2.14 bits per heavy atom. The van der Waals surface area contributed by atoms with Crippen molar-refractivity contribution in [3.63, 3.8) is 0 Å². The minimum Gasteiger partial charge on any atom is -0.480 e. The highest BCUT2D eigenvalue weighted by atomic mass is 16.6. The summed E-state index contributed by atoms with van der Waals surface area (Å²) in [4.78, 5) is 22.7. The quantitative estimate of drug-likeness (QED) is 0.716. The van der Waals surface area contributed by atoms with Gasteiger partial charge in [-0.2, -0.15) is 5.10 Å². The van der Waals surface area contributed by atoms with E-state index in [1.165, 1.54) is 10.9 Å². The van der Waals surface area contributed by atoms with Crippen LogP contribution < -0.4 is 15.8 Å². The van der Waals surface area contributed by atoms with E-state index in [-0.39, 0.29) is 18.2 Å². The average Bonchev–Trinajstić information content (AvgIpc) is 2.62. The first-order valence-electron chi connectivity index (χ1n) is 6.22. The molecule has 0 aliphatic rings. The van der Waals surface area contributed by atoms with Gasteiger partial charge in [-0.15, -0.1) is 0 Å². The molecular weight excluding hydrogens is 280 g/mol. The lowest BCUT2D eigenvalue weighted by Gasteiger charge is -2.22. The highest BCUT2D eigenvalue weighted by molar-refractivity contribution is 5.80. The second-order valence-electron chi connectivity index (χ2n) is 5.38. The van der Waals surface area contributed by atoms with Crippen LogP contribution >= 0.6 is 0 Å². The summed E-state index contributed by atoms with van der Waals surface area (Å²) in [6, 6.07) is -1.27. The molecule has 1 atom stereocenters. The Labute approximate surface area is 122 Å². The van der Waals surface area contributed by atoms with Crippen molar-refractivity contribution >= 4 is 17.7 Å². The normalized spacial score (nSPS) is 12.6. The summed E-state index contributed by atoms with van der Waals surface area (Å²) in [5, 5.41) is 15.2. The van der Waals surface area contributed by atoms with E-state index in [2.05, 4.69) is 10.4 Å². The van der Waals surface area contributed by atoms with Gasteiger partial charge in [-0.05, 0) is 20.8 Å². The van der Waals surface area contributed by atoms with Gasteiger partial charge in [0.15, 0.2) is 6.04 Å². The number of carboxylic acids is 1. The van der Waals surface area contributed by atoms with E-state index >= 15 is 0 Å². The van der Waals surface area contributed by atoms with Gasteiger partial charge in [0.25, 0.3) is 0 Å². The van der Waals surface area contributed by atoms with Crippen molar-refractivity contribution in [3.8, 4) is 5.88 Å². The molecule has 0 fully saturated rings. The van der Waals surface area contributed by atoms with E-state index < -0.39 is 23.7 Å². The first kappa shape index (κ1) is 16.6. The Balaban J connectivity index is 2.63. The summed E-state index contributed by atoms with van der Waals surface area (Å²) in [5.41, 5.74) is 5.18. The van der Waals surface area contributed by atoms with Crippen LogP contribution in [-0.2, 0) is 16.6 Å². The molecule has 4 N–H and O–H groups in total. The molecule has 1 unspecified atom stereocenters. The third-order valence-corrected chi connectivity index (χ3v) is 2.29. The van der Waals surface area contributed by atoms with Crippen LogP contribution in [0.1, 0.15) is 20.8 Å². The molecule has 0 radical (unpaired) electrons. The molecule has 0 saturated heterocycles. The maximum Gasteiger partial charge on any atom is 0.408 e. The van der Waals surface area contributed by atoms with Crippen LogP contribution in [0.2, 0.25) is 0 Å². The summed E-state index contributed by atoms with van der Waals surface area (Å²) < 4.78 is 11.6. The number of carbonyl (C=O) groups excluding carboxylic acids is 1. The monoisotopic (exact) mass is 300 g/mol. The highest BCUT2D eigenvalue weighted by Gasteiger charge is 2.25. The SMILES string of the molecule is Cn1ncc(N)c1OCC(NC(=O)OC(C)(C)C)C(=O)O. The molecule has 1 rings (SSSR count). The molecule has 1 heterocycles. The number of nitrogens with two attached hydrogens (primary N) is 1. The third kappa shape index (κ3) is 5.21. The number of aliphatic carboxylic acids is 1. The van der Waals surface area contributed by atoms with Crippen LogP contribution in [0, 0.1) is 0 Å². The lowest BCUT2D eigenvalue weighted by Crippen LogP contribution is -2.46. The summed E-state index contributed by atoms with van der Waals surface area (Å²) >= 11 is 0. The molecule has 1 aromatic heterocycles. The number of nitrogen functional groups attached to an aromatic ring is 1. The van der Waals surface area contributed by atoms with Gasteiger partial charge in [0.05, 0.1) is 6.20 Å². The van der Waals surface area contributed by atoms with Crippen molar-refractivity contribution in [2.75, 3.05) is 12.3 Å². The lowest BCUT2D eigenvalue weighted by atomic mass is 10.2. The second kappa shape index (κ2) is 6.33. The van der Waals surface area contributed by atoms with Crippen LogP contribution in [0.5, 0.6) is 5.88 Å². The van der Waals surface area contributed by atoms with Gasteiger partial charge >= 0.3 is 12.1 Å². The maximum absolute atomic E-state index is 11.6. The zero-order valence-corrected chi connectivity index (χ0v) is 12.4. The van der Waals surface area contributed by atoms with Crippen molar-refractivity contribution < 1.29 is 24.2 Å². The van der Waals surface area contributed by atoms with Gasteiger partial charge < -0.3 is 25.6 Å². The minimum absolute atomic E-state index is 0.229. The molecule has 0 aliphatic heterocycles. The molecule has 1 amide bonds. The molecule has 0 saturated carbocycles. The fraction of sp³-hybridized carbons (Fsp3) is 0.583. The smallest absolute Gasteiger partial charge is 0.408 e. The first-order valence-corrected chi connectivity index (χ1v) is 6.22. The Morgan fingerprint density at radius 3 is 2.57 bits per heavy atom. The number of carboxylic acid groups (broad SMARTS) is 1. The van der Waals surface area contributed by atoms with Crippen molar-refractivity contribution in [1.29, 1.82) is 0 Å². The summed E-state index contributed by atoms with van der Waals surface area (Å²) in [6.45, 7) is 4.72. The van der Waals surface area contributed by atoms with Gasteiger partial charge in [-0.3, -0.25) is 0 Å². The van der Waals surface area contributed by atoms with E-state index in [1.807, 2.05) is 0 Å². The second-order valence-corrected chi connectivity index (χ2v) is 5.38. The Hall–Kier alpha value is -2.45. The average molecular weight is 300 g/mol. The van der Waals surface area contributed by atoms with Gasteiger partial charge in [0, 0.05) is 7.05 Å². The number of alkyl carbamates (subject to hydrolysis) is 1. The molecule has 9 heteroatoms. The van der Waals surface area contributed by atoms with Gasteiger partial charge in [-0.1, -0.05) is 0 Å². The predicted molar refractivity (Wildman–Crippen MR) is 73.9 cm³/mol. The van der Waals surface area contributed by atoms with Crippen molar-refractivity contribution in [2.24, 2.45) is 7.05 Å². The number of hydrogen-bond donors (Lipinski definition) is 3. The number of amides is 1. The summed E-state index contributed by atoms with van der Waals surface area (Å²) in [6.07, 6.45) is 0.545. The van der Waals surface area contributed by atoms with Crippen molar-refractivity contribution in [1.82, 2.24) is 15.1 Å². The van der Waals surface area contributed by atoms with E-state index in [9.17, 15) is 9.59 Å². The highest BCUT2D eigenvalue weighted by Crippen LogP contribution is 2.18. The largest absolute Gasteiger partial charge is 0.480 e. The fourth-order valence-corrected chi connectivity index (χ4v) is 1.41. The molecular formula is C12H20N4O5. The Kier molecular flexibility index (Phi) is 5.01. The van der Waals surface area contributed by atoms with Crippen LogP contribution in [0.4, 0.5) is 10.5 Å². The standard InChI is InChI=1S/C12H20N4O5/c1-12(2,3)21-11(19)15-8(10(17)18)6-20-9-7(13)5-14-16(9)4/h5,8H,6,13H2,1-4H3,(H,15,19)(H,17,18). The molecule has 118 valence electrons. The molecule has 9 nitrogen and oxygen atoms in total. The summed E-state index contributed by atoms with van der Waals surface area (Å²) in [7, 11) is 1.60. The molecule has 0 aromatic carbocycles. The number of rotatable bonds is 5. The maximum atomic E-state index is 11.6. The minimum atomic E-state index is -1.27. The molecule has 0 bridgehead atoms. The molecule has 0 aliphatic carbocycles. The van der Waals surface area contributed by atoms with E-state index in [4.69, 9.17) is 20.3 Å². The fourth-order valence-electron chi connectivity index (χ4n) is 1.41. The molecule has 0 spiro atoms. The van der Waals surface area contributed by atoms with Gasteiger partial charge in [-0.25, -0.2) is 14.3 Å². The van der Waals surface area contributed by atoms with Crippen LogP contribution in [0.3, 0.4) is 0 Å². The van der Waals surface area contributed by atoms with Crippen LogP contribution in [-0.4, -0.2) is 45.2 Å². The zero-order valence-electron chi connectivity index (χ0n) is 12.4. The predicted octanol–water partition coefficient (Wildman–Crippen LogP) is 0.359. The lowest BCUT2D eigenvalue weighted by molar-refractivity contribution is -0.140. The topological polar surface area (TPSA) is 129 Å². The van der Waals surface area contributed by atoms with E-state index in [0.29, 0.717) is 0 Å². The molecule has 1 aromatic rings.